The van der Waals surface area contributed by atoms with Crippen molar-refractivity contribution in [3.05, 3.63) is 102 Å². The number of benzene rings is 3. The molecule has 40 heavy (non-hydrogen) atoms. The molecule has 1 aliphatic rings. The third kappa shape index (κ3) is 4.68. The SMILES string of the molecule is CCOCC(O)Cn1cc(C2=C(c3c[nH]c4ccccc34)C(=O)NC2=O)c2cccc(OCc3ccccc3)c21. The second-order valence-electron chi connectivity index (χ2n) is 9.72. The van der Waals surface area contributed by atoms with Crippen LogP contribution >= 0.6 is 0 Å². The number of aromatic nitrogens is 2. The molecule has 3 N–H and O–H groups in total. The molecule has 1 atom stereocenters. The van der Waals surface area contributed by atoms with Gasteiger partial charge in [0.2, 0.25) is 0 Å². The molecule has 202 valence electrons. The van der Waals surface area contributed by atoms with Gasteiger partial charge >= 0.3 is 0 Å². The summed E-state index contributed by atoms with van der Waals surface area (Å²) in [4.78, 5) is 29.7. The Morgan fingerprint density at radius 3 is 2.40 bits per heavy atom. The number of ether oxygens (including phenoxy) is 2. The number of aliphatic hydroxyl groups excluding tert-OH is 1. The minimum absolute atomic E-state index is 0.167. The number of carbonyl (C=O) groups is 2. The van der Waals surface area contributed by atoms with E-state index in [0.29, 0.717) is 35.7 Å². The van der Waals surface area contributed by atoms with Crippen LogP contribution in [-0.4, -0.2) is 45.8 Å². The van der Waals surface area contributed by atoms with Crippen molar-refractivity contribution in [1.82, 2.24) is 14.9 Å². The van der Waals surface area contributed by atoms with Crippen LogP contribution in [0.2, 0.25) is 0 Å². The van der Waals surface area contributed by atoms with Gasteiger partial charge in [-0.25, -0.2) is 0 Å². The van der Waals surface area contributed by atoms with E-state index in [4.69, 9.17) is 9.47 Å². The summed E-state index contributed by atoms with van der Waals surface area (Å²) in [5.74, 6) is -0.302. The van der Waals surface area contributed by atoms with Crippen LogP contribution in [0.25, 0.3) is 33.0 Å². The molecule has 3 aromatic carbocycles. The van der Waals surface area contributed by atoms with Crippen LogP contribution < -0.4 is 10.1 Å². The van der Waals surface area contributed by atoms with E-state index in [2.05, 4.69) is 10.3 Å². The molecule has 1 aliphatic heterocycles. The van der Waals surface area contributed by atoms with Crippen LogP contribution in [0.15, 0.2) is 85.2 Å². The molecular formula is C32H29N3O5. The number of fused-ring (bicyclic) bond motifs is 2. The van der Waals surface area contributed by atoms with Gasteiger partial charge in [0.15, 0.2) is 0 Å². The maximum Gasteiger partial charge on any atom is 0.259 e. The number of rotatable bonds is 10. The van der Waals surface area contributed by atoms with E-state index in [-0.39, 0.29) is 18.7 Å². The van der Waals surface area contributed by atoms with E-state index < -0.39 is 17.9 Å². The van der Waals surface area contributed by atoms with E-state index in [1.807, 2.05) is 90.5 Å². The van der Waals surface area contributed by atoms with Gasteiger partial charge in [0.25, 0.3) is 11.8 Å². The number of amides is 2. The lowest BCUT2D eigenvalue weighted by Crippen LogP contribution is -2.22. The fourth-order valence-corrected chi connectivity index (χ4v) is 5.30. The van der Waals surface area contributed by atoms with Gasteiger partial charge in [0.1, 0.15) is 12.4 Å². The standard InChI is InChI=1S/C32H29N3O5/c1-2-39-19-21(36)16-35-17-25(23-12-8-14-27(30(23)35)40-18-20-9-4-3-5-10-20)29-28(31(37)34-32(29)38)24-15-33-26-13-7-6-11-22(24)26/h3-15,17,21,33,36H,2,16,18-19H2,1H3,(H,34,37,38). The fraction of sp³-hybridized carbons (Fsp3) is 0.188. The summed E-state index contributed by atoms with van der Waals surface area (Å²) in [5.41, 5.74) is 4.45. The van der Waals surface area contributed by atoms with Crippen molar-refractivity contribution in [3.63, 3.8) is 0 Å². The molecule has 0 spiro atoms. The summed E-state index contributed by atoms with van der Waals surface area (Å²) in [6.45, 7) is 3.10. The van der Waals surface area contributed by atoms with Gasteiger partial charge in [-0.15, -0.1) is 0 Å². The molecule has 0 aliphatic carbocycles. The van der Waals surface area contributed by atoms with Crippen LogP contribution in [0, 0.1) is 0 Å². The molecule has 0 radical (unpaired) electrons. The first-order valence-corrected chi connectivity index (χ1v) is 13.3. The Balaban J connectivity index is 1.52. The van der Waals surface area contributed by atoms with E-state index in [0.717, 1.165) is 27.4 Å². The van der Waals surface area contributed by atoms with Crippen molar-refractivity contribution in [2.75, 3.05) is 13.2 Å². The van der Waals surface area contributed by atoms with Crippen LogP contribution in [0.4, 0.5) is 0 Å². The molecule has 3 heterocycles. The largest absolute Gasteiger partial charge is 0.487 e. The Morgan fingerprint density at radius 1 is 0.875 bits per heavy atom. The number of imide groups is 1. The Bertz CT molecular complexity index is 1750. The summed E-state index contributed by atoms with van der Waals surface area (Å²) < 4.78 is 13.6. The molecule has 8 heteroatoms. The van der Waals surface area contributed by atoms with Crippen LogP contribution in [0.3, 0.4) is 0 Å². The van der Waals surface area contributed by atoms with Crippen molar-refractivity contribution < 1.29 is 24.2 Å². The van der Waals surface area contributed by atoms with Gasteiger partial charge in [0, 0.05) is 46.4 Å². The molecule has 2 amide bonds. The Kier molecular flexibility index (Phi) is 6.94. The molecule has 0 fully saturated rings. The van der Waals surface area contributed by atoms with Crippen molar-refractivity contribution in [2.45, 2.75) is 26.2 Å². The Hall–Kier alpha value is -4.66. The fourth-order valence-electron chi connectivity index (χ4n) is 5.30. The lowest BCUT2D eigenvalue weighted by Gasteiger charge is -2.15. The predicted octanol–water partition coefficient (Wildman–Crippen LogP) is 4.67. The second-order valence-corrected chi connectivity index (χ2v) is 9.72. The van der Waals surface area contributed by atoms with Gasteiger partial charge < -0.3 is 24.1 Å². The summed E-state index contributed by atoms with van der Waals surface area (Å²) >= 11 is 0. The Labute approximate surface area is 230 Å². The summed E-state index contributed by atoms with van der Waals surface area (Å²) in [7, 11) is 0. The summed E-state index contributed by atoms with van der Waals surface area (Å²) in [6, 6.07) is 23.1. The molecule has 1 unspecified atom stereocenters. The van der Waals surface area contributed by atoms with Crippen molar-refractivity contribution in [1.29, 1.82) is 0 Å². The van der Waals surface area contributed by atoms with Crippen LogP contribution in [0.1, 0.15) is 23.6 Å². The number of aliphatic hydroxyl groups is 1. The first kappa shape index (κ1) is 25.6. The summed E-state index contributed by atoms with van der Waals surface area (Å²) in [6.07, 6.45) is 2.79. The smallest absolute Gasteiger partial charge is 0.259 e. The van der Waals surface area contributed by atoms with Gasteiger partial charge in [-0.3, -0.25) is 14.9 Å². The second kappa shape index (κ2) is 10.8. The summed E-state index contributed by atoms with van der Waals surface area (Å²) in [5, 5.41) is 14.8. The lowest BCUT2D eigenvalue weighted by atomic mass is 9.95. The van der Waals surface area contributed by atoms with E-state index in [1.54, 1.807) is 6.20 Å². The number of hydrogen-bond donors (Lipinski definition) is 3. The minimum Gasteiger partial charge on any atom is -0.487 e. The third-order valence-electron chi connectivity index (χ3n) is 7.08. The zero-order valence-corrected chi connectivity index (χ0v) is 22.0. The molecule has 5 aromatic rings. The maximum atomic E-state index is 13.3. The molecular weight excluding hydrogens is 506 g/mol. The van der Waals surface area contributed by atoms with E-state index in [1.165, 1.54) is 0 Å². The average Bonchev–Trinajstić information content (AvgIpc) is 3.64. The zero-order chi connectivity index (χ0) is 27.6. The number of nitrogens with one attached hydrogen (secondary N) is 2. The molecule has 0 saturated heterocycles. The first-order valence-electron chi connectivity index (χ1n) is 13.3. The van der Waals surface area contributed by atoms with Gasteiger partial charge in [-0.1, -0.05) is 60.7 Å². The highest BCUT2D eigenvalue weighted by Gasteiger charge is 2.35. The maximum absolute atomic E-state index is 13.3. The van der Waals surface area contributed by atoms with Crippen LogP contribution in [-0.2, 0) is 27.5 Å². The third-order valence-corrected chi connectivity index (χ3v) is 7.08. The molecule has 6 rings (SSSR count). The molecule has 2 aromatic heterocycles. The number of para-hydroxylation sites is 2. The number of hydrogen-bond acceptors (Lipinski definition) is 5. The van der Waals surface area contributed by atoms with Crippen molar-refractivity contribution in [2.24, 2.45) is 0 Å². The quantitative estimate of drug-likeness (QED) is 0.226. The first-order chi connectivity index (χ1) is 19.5. The number of H-pyrrole nitrogens is 1. The van der Waals surface area contributed by atoms with E-state index >= 15 is 0 Å². The van der Waals surface area contributed by atoms with E-state index in [9.17, 15) is 14.7 Å². The highest BCUT2D eigenvalue weighted by atomic mass is 16.5. The van der Waals surface area contributed by atoms with Gasteiger partial charge in [0.05, 0.1) is 35.9 Å². The van der Waals surface area contributed by atoms with Crippen LogP contribution in [0.5, 0.6) is 5.75 Å². The van der Waals surface area contributed by atoms with Gasteiger partial charge in [-0.05, 0) is 24.6 Å². The minimum atomic E-state index is -0.785. The highest BCUT2D eigenvalue weighted by molar-refractivity contribution is 6.50. The number of aromatic amines is 1. The van der Waals surface area contributed by atoms with Crippen molar-refractivity contribution >= 4 is 44.8 Å². The topological polar surface area (TPSA) is 106 Å². The zero-order valence-electron chi connectivity index (χ0n) is 22.0. The highest BCUT2D eigenvalue weighted by Crippen LogP contribution is 2.40. The number of nitrogens with zero attached hydrogens (tertiary/aromatic N) is 1. The molecule has 0 bridgehead atoms. The lowest BCUT2D eigenvalue weighted by molar-refractivity contribution is -0.122. The van der Waals surface area contributed by atoms with Crippen molar-refractivity contribution in [3.8, 4) is 5.75 Å². The molecule has 8 nitrogen and oxygen atoms in total. The molecule has 0 saturated carbocycles. The average molecular weight is 536 g/mol. The normalized spacial score (nSPS) is 14.3. The predicted molar refractivity (Wildman–Crippen MR) is 153 cm³/mol. The Morgan fingerprint density at radius 2 is 1.60 bits per heavy atom. The number of carbonyl (C=O) groups excluding carboxylic acids is 2. The monoisotopic (exact) mass is 535 g/mol. The van der Waals surface area contributed by atoms with Gasteiger partial charge in [-0.2, -0.15) is 0 Å².